The third-order valence-electron chi connectivity index (χ3n) is 2.07. The number of carbonyl (C=O) groups is 2. The SMILES string of the molecule is COC(=O)C1C(=O)C=C(C)CC1O. The van der Waals surface area contributed by atoms with Crippen LogP contribution in [-0.2, 0) is 14.3 Å². The molecule has 0 aromatic carbocycles. The van der Waals surface area contributed by atoms with Gasteiger partial charge >= 0.3 is 5.97 Å². The van der Waals surface area contributed by atoms with Crippen LogP contribution in [0.4, 0.5) is 0 Å². The van der Waals surface area contributed by atoms with Gasteiger partial charge < -0.3 is 9.84 Å². The van der Waals surface area contributed by atoms with E-state index in [9.17, 15) is 14.7 Å². The molecule has 1 rings (SSSR count). The molecule has 0 amide bonds. The van der Waals surface area contributed by atoms with E-state index < -0.39 is 18.0 Å². The van der Waals surface area contributed by atoms with Crippen molar-refractivity contribution >= 4 is 11.8 Å². The van der Waals surface area contributed by atoms with Crippen LogP contribution in [0.15, 0.2) is 11.6 Å². The number of esters is 1. The summed E-state index contributed by atoms with van der Waals surface area (Å²) in [6, 6.07) is 0. The van der Waals surface area contributed by atoms with E-state index in [4.69, 9.17) is 0 Å². The van der Waals surface area contributed by atoms with Gasteiger partial charge in [-0.25, -0.2) is 0 Å². The number of ether oxygens (including phenoxy) is 1. The summed E-state index contributed by atoms with van der Waals surface area (Å²) in [6.45, 7) is 1.74. The van der Waals surface area contributed by atoms with Crippen molar-refractivity contribution in [2.45, 2.75) is 19.4 Å². The van der Waals surface area contributed by atoms with Crippen LogP contribution in [-0.4, -0.2) is 30.1 Å². The van der Waals surface area contributed by atoms with Gasteiger partial charge in [-0.05, 0) is 19.4 Å². The van der Waals surface area contributed by atoms with Crippen molar-refractivity contribution in [2.24, 2.45) is 5.92 Å². The molecule has 0 radical (unpaired) electrons. The Bertz CT molecular complexity index is 267. The van der Waals surface area contributed by atoms with Crippen molar-refractivity contribution in [1.82, 2.24) is 0 Å². The van der Waals surface area contributed by atoms with Crippen LogP contribution in [0, 0.1) is 5.92 Å². The van der Waals surface area contributed by atoms with Crippen LogP contribution < -0.4 is 0 Å². The van der Waals surface area contributed by atoms with E-state index in [1.54, 1.807) is 6.92 Å². The minimum atomic E-state index is -1.03. The number of ketones is 1. The van der Waals surface area contributed by atoms with Crippen LogP contribution in [0.5, 0.6) is 0 Å². The number of aliphatic hydroxyl groups excluding tert-OH is 1. The fraction of sp³-hybridized carbons (Fsp3) is 0.556. The Hall–Kier alpha value is -1.16. The topological polar surface area (TPSA) is 63.6 Å². The zero-order chi connectivity index (χ0) is 10.0. The molecule has 0 saturated heterocycles. The Kier molecular flexibility index (Phi) is 2.83. The van der Waals surface area contributed by atoms with E-state index in [1.807, 2.05) is 0 Å². The number of rotatable bonds is 1. The van der Waals surface area contributed by atoms with E-state index in [1.165, 1.54) is 13.2 Å². The standard InChI is InChI=1S/C9H12O4/c1-5-3-6(10)8(7(11)4-5)9(12)13-2/h3,7-8,11H,4H2,1-2H3. The van der Waals surface area contributed by atoms with E-state index in [-0.39, 0.29) is 5.78 Å². The highest BCUT2D eigenvalue weighted by atomic mass is 16.5. The zero-order valence-electron chi connectivity index (χ0n) is 7.61. The van der Waals surface area contributed by atoms with Gasteiger partial charge in [-0.15, -0.1) is 0 Å². The summed E-state index contributed by atoms with van der Waals surface area (Å²) >= 11 is 0. The summed E-state index contributed by atoms with van der Waals surface area (Å²) in [5.74, 6) is -2.07. The highest BCUT2D eigenvalue weighted by molar-refractivity contribution is 6.06. The minimum Gasteiger partial charge on any atom is -0.468 e. The fourth-order valence-corrected chi connectivity index (χ4v) is 1.43. The maximum Gasteiger partial charge on any atom is 0.319 e. The first-order valence-electron chi connectivity index (χ1n) is 4.03. The number of carbonyl (C=O) groups excluding carboxylic acids is 2. The lowest BCUT2D eigenvalue weighted by atomic mass is 9.86. The first-order chi connectivity index (χ1) is 6.06. The molecule has 0 aromatic rings. The predicted octanol–water partition coefficient (Wildman–Crippen LogP) is 0.0556. The van der Waals surface area contributed by atoms with Gasteiger partial charge in [0.15, 0.2) is 5.78 Å². The molecular formula is C9H12O4. The molecule has 2 atom stereocenters. The third-order valence-corrected chi connectivity index (χ3v) is 2.07. The Morgan fingerprint density at radius 2 is 2.31 bits per heavy atom. The molecular weight excluding hydrogens is 172 g/mol. The Balaban J connectivity index is 2.87. The smallest absolute Gasteiger partial charge is 0.319 e. The predicted molar refractivity (Wildman–Crippen MR) is 44.9 cm³/mol. The highest BCUT2D eigenvalue weighted by Crippen LogP contribution is 2.21. The van der Waals surface area contributed by atoms with Gasteiger partial charge in [0.2, 0.25) is 0 Å². The number of hydrogen-bond donors (Lipinski definition) is 1. The number of aliphatic hydroxyl groups is 1. The molecule has 0 bridgehead atoms. The van der Waals surface area contributed by atoms with Crippen LogP contribution in [0.1, 0.15) is 13.3 Å². The summed E-state index contributed by atoms with van der Waals surface area (Å²) in [6.07, 6.45) is 0.796. The van der Waals surface area contributed by atoms with E-state index >= 15 is 0 Å². The molecule has 13 heavy (non-hydrogen) atoms. The average Bonchev–Trinajstić information content (AvgIpc) is 2.02. The van der Waals surface area contributed by atoms with Crippen molar-refractivity contribution in [3.8, 4) is 0 Å². The monoisotopic (exact) mass is 184 g/mol. The maximum absolute atomic E-state index is 11.3. The van der Waals surface area contributed by atoms with Gasteiger partial charge in [0.25, 0.3) is 0 Å². The van der Waals surface area contributed by atoms with E-state index in [0.29, 0.717) is 6.42 Å². The average molecular weight is 184 g/mol. The van der Waals surface area contributed by atoms with E-state index in [0.717, 1.165) is 5.57 Å². The van der Waals surface area contributed by atoms with Crippen molar-refractivity contribution in [3.05, 3.63) is 11.6 Å². The third kappa shape index (κ3) is 1.95. The van der Waals surface area contributed by atoms with Crippen molar-refractivity contribution in [3.63, 3.8) is 0 Å². The Morgan fingerprint density at radius 1 is 1.69 bits per heavy atom. The molecule has 2 unspecified atom stereocenters. The summed E-state index contributed by atoms with van der Waals surface area (Å²) in [7, 11) is 1.20. The first-order valence-corrected chi connectivity index (χ1v) is 4.03. The second-order valence-corrected chi connectivity index (χ2v) is 3.17. The Morgan fingerprint density at radius 3 is 2.77 bits per heavy atom. The number of methoxy groups -OCH3 is 1. The normalized spacial score (nSPS) is 28.2. The zero-order valence-corrected chi connectivity index (χ0v) is 7.61. The van der Waals surface area contributed by atoms with Crippen molar-refractivity contribution < 1.29 is 19.4 Å². The number of hydrogen-bond acceptors (Lipinski definition) is 4. The molecule has 1 aliphatic carbocycles. The minimum absolute atomic E-state index is 0.353. The Labute approximate surface area is 76.2 Å². The van der Waals surface area contributed by atoms with Crippen LogP contribution >= 0.6 is 0 Å². The lowest BCUT2D eigenvalue weighted by Crippen LogP contribution is -2.38. The molecule has 4 nitrogen and oxygen atoms in total. The summed E-state index contributed by atoms with van der Waals surface area (Å²) < 4.78 is 4.42. The molecule has 0 heterocycles. The maximum atomic E-state index is 11.3. The first kappa shape index (κ1) is 9.92. The summed E-state index contributed by atoms with van der Waals surface area (Å²) in [5, 5.41) is 9.45. The quantitative estimate of drug-likeness (QED) is 0.462. The van der Waals surface area contributed by atoms with Crippen molar-refractivity contribution in [2.75, 3.05) is 7.11 Å². The second kappa shape index (κ2) is 3.70. The number of allylic oxidation sites excluding steroid dienone is 1. The van der Waals surface area contributed by atoms with Gasteiger partial charge in [0, 0.05) is 0 Å². The van der Waals surface area contributed by atoms with Gasteiger partial charge in [-0.3, -0.25) is 9.59 Å². The molecule has 0 fully saturated rings. The summed E-state index contributed by atoms with van der Waals surface area (Å²) in [4.78, 5) is 22.3. The van der Waals surface area contributed by atoms with Crippen LogP contribution in [0.2, 0.25) is 0 Å². The van der Waals surface area contributed by atoms with Gasteiger partial charge in [0.1, 0.15) is 5.92 Å². The molecule has 0 aliphatic heterocycles. The van der Waals surface area contributed by atoms with Gasteiger partial charge in [-0.1, -0.05) is 5.57 Å². The van der Waals surface area contributed by atoms with Gasteiger partial charge in [0.05, 0.1) is 13.2 Å². The molecule has 0 saturated carbocycles. The highest BCUT2D eigenvalue weighted by Gasteiger charge is 2.36. The van der Waals surface area contributed by atoms with Crippen LogP contribution in [0.3, 0.4) is 0 Å². The molecule has 0 spiro atoms. The molecule has 1 N–H and O–H groups in total. The molecule has 72 valence electrons. The largest absolute Gasteiger partial charge is 0.468 e. The second-order valence-electron chi connectivity index (χ2n) is 3.17. The molecule has 0 aromatic heterocycles. The lowest BCUT2D eigenvalue weighted by molar-refractivity contribution is -0.153. The lowest BCUT2D eigenvalue weighted by Gasteiger charge is -2.22. The molecule has 4 heteroatoms. The molecule has 1 aliphatic rings. The van der Waals surface area contributed by atoms with Crippen molar-refractivity contribution in [1.29, 1.82) is 0 Å². The van der Waals surface area contributed by atoms with Gasteiger partial charge in [-0.2, -0.15) is 0 Å². The van der Waals surface area contributed by atoms with E-state index in [2.05, 4.69) is 4.74 Å². The van der Waals surface area contributed by atoms with Crippen LogP contribution in [0.25, 0.3) is 0 Å². The summed E-state index contributed by atoms with van der Waals surface area (Å²) in [5.41, 5.74) is 0.789. The fourth-order valence-electron chi connectivity index (χ4n) is 1.43.